The summed E-state index contributed by atoms with van der Waals surface area (Å²) < 4.78 is 194. The molecule has 0 aliphatic heterocycles. The number of hydrogen-bond donors (Lipinski definition) is 2. The van der Waals surface area contributed by atoms with Crippen LogP contribution in [0, 0.1) is 0 Å². The summed E-state index contributed by atoms with van der Waals surface area (Å²) in [6.07, 6.45) is -27.5. The molecule has 2 N–H and O–H groups in total. The Morgan fingerprint density at radius 1 is 0.719 bits per heavy atom. The van der Waals surface area contributed by atoms with Gasteiger partial charge in [-0.1, -0.05) is 5.04 Å². The van der Waals surface area contributed by atoms with E-state index >= 15 is 0 Å². The highest BCUT2D eigenvalue weighted by atomic mass is 32.2. The molecule has 0 rings (SSSR count). The zero-order valence-corrected chi connectivity index (χ0v) is 16.2. The van der Waals surface area contributed by atoms with Crippen LogP contribution >= 0.6 is 12.0 Å². The highest BCUT2D eigenvalue weighted by Crippen LogP contribution is 2.53. The summed E-state index contributed by atoms with van der Waals surface area (Å²) in [6, 6.07) is 0. The van der Waals surface area contributed by atoms with Gasteiger partial charge in [0.2, 0.25) is 0 Å². The molecule has 0 saturated heterocycles. The van der Waals surface area contributed by atoms with E-state index < -0.39 is 82.8 Å². The Balaban J connectivity index is 5.03. The normalized spacial score (nSPS) is 18.3. The van der Waals surface area contributed by atoms with Crippen LogP contribution in [0.2, 0.25) is 0 Å². The van der Waals surface area contributed by atoms with Gasteiger partial charge in [-0.05, 0) is 12.8 Å². The summed E-state index contributed by atoms with van der Waals surface area (Å²) in [5, 5.41) is -2.06. The summed E-state index contributed by atoms with van der Waals surface area (Å²) >= 11 is -1.77. The molecule has 22 heteroatoms. The van der Waals surface area contributed by atoms with Crippen LogP contribution in [0.15, 0.2) is 0 Å². The monoisotopic (exact) mass is 550 g/mol. The van der Waals surface area contributed by atoms with E-state index in [0.29, 0.717) is 0 Å². The molecule has 0 fully saturated rings. The number of hydrogen-bond acceptors (Lipinski definition) is 8. The molecule has 2 atom stereocenters. The van der Waals surface area contributed by atoms with Crippen molar-refractivity contribution in [2.75, 3.05) is 13.2 Å². The average molecular weight is 550 g/mol. The quantitative estimate of drug-likeness (QED) is 0.0861. The molecule has 2 unspecified atom stereocenters. The second-order valence-corrected chi connectivity index (χ2v) is 7.70. The minimum Gasteiger partial charge on any atom is -0.317 e. The zero-order valence-electron chi connectivity index (χ0n) is 14.5. The SMILES string of the molecule is O=S(=O)(O)C(F)(C(F)(F)F)C(F)(F)OCCCCOC(F)(F)C(F)(SOOO)C(F)(F)F. The molecule has 194 valence electrons. The van der Waals surface area contributed by atoms with E-state index in [1.165, 1.54) is 0 Å². The van der Waals surface area contributed by atoms with E-state index in [4.69, 9.17) is 9.81 Å². The number of unbranched alkanes of at least 4 members (excludes halogenated alkanes) is 1. The second kappa shape index (κ2) is 10.2. The third-order valence-corrected chi connectivity index (χ3v) is 5.13. The van der Waals surface area contributed by atoms with Gasteiger partial charge < -0.3 is 9.47 Å². The fourth-order valence-corrected chi connectivity index (χ4v) is 2.60. The van der Waals surface area contributed by atoms with E-state index in [0.717, 1.165) is 0 Å². The minimum atomic E-state index is -7.17. The fourth-order valence-electron chi connectivity index (χ4n) is 1.57. The smallest absolute Gasteiger partial charge is 0.317 e. The predicted octanol–water partition coefficient (Wildman–Crippen LogP) is 4.40. The second-order valence-electron chi connectivity index (χ2n) is 5.32. The molecular formula is C10H10F12O8S2. The van der Waals surface area contributed by atoms with Gasteiger partial charge in [-0.2, -0.15) is 52.3 Å². The van der Waals surface area contributed by atoms with Crippen molar-refractivity contribution in [3.05, 3.63) is 0 Å². The number of halogens is 12. The first-order valence-electron chi connectivity index (χ1n) is 7.19. The van der Waals surface area contributed by atoms with Crippen LogP contribution in [-0.4, -0.2) is 66.0 Å². The Hall–Kier alpha value is -0.780. The molecule has 0 aliphatic carbocycles. The Morgan fingerprint density at radius 3 is 1.44 bits per heavy atom. The first kappa shape index (κ1) is 31.2. The summed E-state index contributed by atoms with van der Waals surface area (Å²) in [7, 11) is -7.17. The standard InChI is InChI=1S/C10H10F12O8S2/c11-5(7(13,14)15,31-30-29-23)9(19,20)27-3-1-2-4-28-10(21,22)6(12,8(16,17)18)32(24,25)26/h23H,1-4H2,(H,24,25,26). The van der Waals surface area contributed by atoms with Gasteiger partial charge in [-0.25, -0.2) is 14.0 Å². The molecule has 32 heavy (non-hydrogen) atoms. The van der Waals surface area contributed by atoms with Crippen molar-refractivity contribution in [2.45, 2.75) is 47.4 Å². The van der Waals surface area contributed by atoms with Crippen molar-refractivity contribution in [2.24, 2.45) is 0 Å². The molecule has 8 nitrogen and oxygen atoms in total. The Bertz CT molecular complexity index is 714. The van der Waals surface area contributed by atoms with Gasteiger partial charge >= 0.3 is 44.7 Å². The molecule has 0 radical (unpaired) electrons. The van der Waals surface area contributed by atoms with Gasteiger partial charge in [-0.15, -0.1) is 4.33 Å². The number of rotatable bonds is 13. The van der Waals surface area contributed by atoms with Crippen molar-refractivity contribution < 1.29 is 89.8 Å². The van der Waals surface area contributed by atoms with Gasteiger partial charge in [-0.3, -0.25) is 4.55 Å². The molecule has 0 aromatic carbocycles. The molecule has 0 aromatic rings. The van der Waals surface area contributed by atoms with Crippen LogP contribution < -0.4 is 0 Å². The van der Waals surface area contributed by atoms with Gasteiger partial charge in [0, 0.05) is 0 Å². The van der Waals surface area contributed by atoms with Crippen LogP contribution in [0.3, 0.4) is 0 Å². The van der Waals surface area contributed by atoms with Crippen molar-refractivity contribution >= 4 is 22.2 Å². The van der Waals surface area contributed by atoms with Crippen LogP contribution in [0.25, 0.3) is 0 Å². The van der Waals surface area contributed by atoms with Gasteiger partial charge in [0.1, 0.15) is 0 Å². The Kier molecular flexibility index (Phi) is 9.98. The lowest BCUT2D eigenvalue weighted by molar-refractivity contribution is -0.436. The Morgan fingerprint density at radius 2 is 1.12 bits per heavy atom. The molecule has 0 aromatic heterocycles. The average Bonchev–Trinajstić information content (AvgIpc) is 2.58. The van der Waals surface area contributed by atoms with Crippen LogP contribution in [-0.2, 0) is 29.0 Å². The minimum absolute atomic E-state index is 1.06. The van der Waals surface area contributed by atoms with Gasteiger partial charge in [0.25, 0.3) is 0 Å². The van der Waals surface area contributed by atoms with Crippen molar-refractivity contribution in [1.82, 2.24) is 0 Å². The van der Waals surface area contributed by atoms with Crippen molar-refractivity contribution in [3.63, 3.8) is 0 Å². The molecule has 0 heterocycles. The maximum atomic E-state index is 13.6. The van der Waals surface area contributed by atoms with Crippen molar-refractivity contribution in [3.8, 4) is 0 Å². The highest BCUT2D eigenvalue weighted by Gasteiger charge is 2.81. The molecule has 0 bridgehead atoms. The van der Waals surface area contributed by atoms with E-state index in [1.54, 1.807) is 0 Å². The third kappa shape index (κ3) is 6.42. The molecule has 0 saturated carbocycles. The summed E-state index contributed by atoms with van der Waals surface area (Å²) in [5.41, 5.74) is 0. The van der Waals surface area contributed by atoms with E-state index in [1.807, 2.05) is 0 Å². The van der Waals surface area contributed by atoms with E-state index in [2.05, 4.69) is 18.8 Å². The van der Waals surface area contributed by atoms with Crippen LogP contribution in [0.4, 0.5) is 52.7 Å². The fraction of sp³-hybridized carbons (Fsp3) is 1.00. The maximum absolute atomic E-state index is 13.6. The van der Waals surface area contributed by atoms with Crippen LogP contribution in [0.1, 0.15) is 12.8 Å². The number of ether oxygens (including phenoxy) is 2. The first-order chi connectivity index (χ1) is 14.0. The summed E-state index contributed by atoms with van der Waals surface area (Å²) in [5.74, 6) is 0. The Labute approximate surface area is 173 Å². The van der Waals surface area contributed by atoms with Gasteiger partial charge in [0.05, 0.1) is 25.3 Å². The van der Waals surface area contributed by atoms with Gasteiger partial charge in [0.15, 0.2) is 0 Å². The lowest BCUT2D eigenvalue weighted by Gasteiger charge is -2.32. The first-order valence-corrected chi connectivity index (χ1v) is 9.38. The maximum Gasteiger partial charge on any atom is 0.449 e. The van der Waals surface area contributed by atoms with Crippen LogP contribution in [0.5, 0.6) is 0 Å². The van der Waals surface area contributed by atoms with E-state index in [9.17, 15) is 61.1 Å². The molecule has 0 spiro atoms. The lowest BCUT2D eigenvalue weighted by atomic mass is 10.3. The van der Waals surface area contributed by atoms with E-state index in [-0.39, 0.29) is 0 Å². The lowest BCUT2D eigenvalue weighted by Crippen LogP contribution is -2.61. The zero-order chi connectivity index (χ0) is 25.9. The molecule has 0 aliphatic rings. The summed E-state index contributed by atoms with van der Waals surface area (Å²) in [4.78, 5) is 0. The predicted molar refractivity (Wildman–Crippen MR) is 74.8 cm³/mol. The molecular weight excluding hydrogens is 540 g/mol. The highest BCUT2D eigenvalue weighted by molar-refractivity contribution is 7.96. The molecule has 0 amide bonds. The third-order valence-electron chi connectivity index (χ3n) is 3.12. The van der Waals surface area contributed by atoms with Crippen molar-refractivity contribution in [1.29, 1.82) is 0 Å². The largest absolute Gasteiger partial charge is 0.449 e. The summed E-state index contributed by atoms with van der Waals surface area (Å²) in [6.45, 7) is -3.32. The number of alkyl halides is 12. The topological polar surface area (TPSA) is 112 Å².